The smallest absolute Gasteiger partial charge is 0.0589 e. The van der Waals surface area contributed by atoms with E-state index in [-0.39, 0.29) is 5.54 Å². The van der Waals surface area contributed by atoms with E-state index in [1.54, 1.807) is 0 Å². The maximum Gasteiger partial charge on any atom is 0.0589 e. The predicted molar refractivity (Wildman–Crippen MR) is 80.3 cm³/mol. The molecule has 2 saturated carbocycles. The number of methoxy groups -OCH3 is 1. The van der Waals surface area contributed by atoms with Crippen LogP contribution in [0.5, 0.6) is 0 Å². The molecule has 2 aliphatic carbocycles. The Morgan fingerprint density at radius 2 is 1.89 bits per heavy atom. The molecule has 2 aliphatic rings. The highest BCUT2D eigenvalue weighted by atomic mass is 16.5. The standard InChI is InChI=1S/C16H32N2O/c1-18(12-14-7-4-3-5-8-14)16(13-17)10-6-9-15(11-16)19-2/h14-15H,3-13,17H2,1-2H3. The Balaban J connectivity index is 1.94. The van der Waals surface area contributed by atoms with Gasteiger partial charge in [0.25, 0.3) is 0 Å². The number of nitrogens with two attached hydrogens (primary N) is 1. The van der Waals surface area contributed by atoms with E-state index in [9.17, 15) is 0 Å². The number of nitrogens with zero attached hydrogens (tertiary/aromatic N) is 1. The van der Waals surface area contributed by atoms with Crippen LogP contribution in [0.2, 0.25) is 0 Å². The average Bonchev–Trinajstić information content (AvgIpc) is 2.48. The minimum atomic E-state index is 0.191. The molecule has 2 atom stereocenters. The third-order valence-corrected chi connectivity index (χ3v) is 5.56. The van der Waals surface area contributed by atoms with E-state index in [1.807, 2.05) is 7.11 Å². The summed E-state index contributed by atoms with van der Waals surface area (Å²) in [6.07, 6.45) is 12.3. The van der Waals surface area contributed by atoms with Gasteiger partial charge in [-0.2, -0.15) is 0 Å². The van der Waals surface area contributed by atoms with Gasteiger partial charge in [-0.15, -0.1) is 0 Å². The molecule has 0 aliphatic heterocycles. The lowest BCUT2D eigenvalue weighted by Gasteiger charge is -2.47. The fourth-order valence-electron chi connectivity index (χ4n) is 4.13. The molecule has 0 bridgehead atoms. The first-order chi connectivity index (χ1) is 9.20. The third-order valence-electron chi connectivity index (χ3n) is 5.56. The molecule has 0 aromatic rings. The number of hydrogen-bond donors (Lipinski definition) is 1. The normalized spacial score (nSPS) is 33.8. The van der Waals surface area contributed by atoms with Crippen molar-refractivity contribution in [2.45, 2.75) is 69.4 Å². The Bertz CT molecular complexity index is 265. The SMILES string of the molecule is COC1CCCC(CN)(N(C)CC2CCCCC2)C1. The monoisotopic (exact) mass is 268 g/mol. The van der Waals surface area contributed by atoms with Gasteiger partial charge < -0.3 is 10.5 Å². The van der Waals surface area contributed by atoms with Crippen LogP contribution in [-0.2, 0) is 4.74 Å². The van der Waals surface area contributed by atoms with Gasteiger partial charge in [-0.25, -0.2) is 0 Å². The van der Waals surface area contributed by atoms with Crippen molar-refractivity contribution < 1.29 is 4.74 Å². The topological polar surface area (TPSA) is 38.5 Å². The lowest BCUT2D eigenvalue weighted by molar-refractivity contribution is -0.0185. The summed E-state index contributed by atoms with van der Waals surface area (Å²) in [6.45, 7) is 2.00. The summed E-state index contributed by atoms with van der Waals surface area (Å²) in [4.78, 5) is 2.58. The molecule has 0 saturated heterocycles. The van der Waals surface area contributed by atoms with Crippen molar-refractivity contribution in [2.24, 2.45) is 11.7 Å². The summed E-state index contributed by atoms with van der Waals surface area (Å²) in [6, 6.07) is 0. The maximum absolute atomic E-state index is 6.16. The van der Waals surface area contributed by atoms with E-state index in [4.69, 9.17) is 10.5 Å². The van der Waals surface area contributed by atoms with Crippen molar-refractivity contribution in [3.63, 3.8) is 0 Å². The van der Waals surface area contributed by atoms with Gasteiger partial charge in [-0.1, -0.05) is 19.3 Å². The Kier molecular flexibility index (Phi) is 5.67. The molecule has 0 amide bonds. The number of likely N-dealkylation sites (N-methyl/N-ethyl adjacent to an activating group) is 1. The summed E-state index contributed by atoms with van der Waals surface area (Å²) in [5.41, 5.74) is 6.35. The molecule has 0 radical (unpaired) electrons. The van der Waals surface area contributed by atoms with Gasteiger partial charge in [0.05, 0.1) is 6.10 Å². The highest BCUT2D eigenvalue weighted by Crippen LogP contribution is 2.35. The minimum absolute atomic E-state index is 0.191. The van der Waals surface area contributed by atoms with Crippen LogP contribution in [0.15, 0.2) is 0 Å². The van der Waals surface area contributed by atoms with Crippen molar-refractivity contribution in [1.82, 2.24) is 4.90 Å². The zero-order chi connectivity index (χ0) is 13.7. The second-order valence-electron chi connectivity index (χ2n) is 6.77. The van der Waals surface area contributed by atoms with Crippen LogP contribution < -0.4 is 5.73 Å². The molecule has 3 nitrogen and oxygen atoms in total. The Morgan fingerprint density at radius 1 is 1.16 bits per heavy atom. The largest absolute Gasteiger partial charge is 0.381 e. The van der Waals surface area contributed by atoms with Crippen molar-refractivity contribution >= 4 is 0 Å². The van der Waals surface area contributed by atoms with Gasteiger partial charge in [0, 0.05) is 25.7 Å². The Labute approximate surface area is 118 Å². The van der Waals surface area contributed by atoms with E-state index < -0.39 is 0 Å². The summed E-state index contributed by atoms with van der Waals surface area (Å²) in [5.74, 6) is 0.894. The third kappa shape index (κ3) is 3.71. The molecule has 0 spiro atoms. The van der Waals surface area contributed by atoms with Crippen LogP contribution in [0.3, 0.4) is 0 Å². The molecule has 2 rings (SSSR count). The van der Waals surface area contributed by atoms with Crippen molar-refractivity contribution in [1.29, 1.82) is 0 Å². The minimum Gasteiger partial charge on any atom is -0.381 e. The van der Waals surface area contributed by atoms with Gasteiger partial charge in [-0.3, -0.25) is 4.90 Å². The summed E-state index contributed by atoms with van der Waals surface area (Å²) in [7, 11) is 4.14. The van der Waals surface area contributed by atoms with E-state index in [2.05, 4.69) is 11.9 Å². The molecule has 2 unspecified atom stereocenters. The van der Waals surface area contributed by atoms with Crippen LogP contribution >= 0.6 is 0 Å². The number of rotatable bonds is 5. The van der Waals surface area contributed by atoms with Crippen LogP contribution in [0.4, 0.5) is 0 Å². The first-order valence-electron chi connectivity index (χ1n) is 8.14. The molecule has 3 heteroatoms. The lowest BCUT2D eigenvalue weighted by atomic mass is 9.78. The number of hydrogen-bond acceptors (Lipinski definition) is 3. The zero-order valence-electron chi connectivity index (χ0n) is 12.9. The quantitative estimate of drug-likeness (QED) is 0.833. The lowest BCUT2D eigenvalue weighted by Crippen LogP contribution is -2.57. The van der Waals surface area contributed by atoms with E-state index in [1.165, 1.54) is 57.9 Å². The van der Waals surface area contributed by atoms with Crippen molar-refractivity contribution in [2.75, 3.05) is 27.2 Å². The van der Waals surface area contributed by atoms with Crippen LogP contribution in [0.25, 0.3) is 0 Å². The first-order valence-corrected chi connectivity index (χ1v) is 8.14. The molecule has 112 valence electrons. The molecule has 19 heavy (non-hydrogen) atoms. The van der Waals surface area contributed by atoms with Gasteiger partial charge in [0.2, 0.25) is 0 Å². The molecule has 0 aromatic carbocycles. The van der Waals surface area contributed by atoms with Gasteiger partial charge in [0.1, 0.15) is 0 Å². The second-order valence-corrected chi connectivity index (χ2v) is 6.77. The van der Waals surface area contributed by atoms with Gasteiger partial charge in [-0.05, 0) is 51.5 Å². The van der Waals surface area contributed by atoms with Gasteiger partial charge in [0.15, 0.2) is 0 Å². The van der Waals surface area contributed by atoms with E-state index >= 15 is 0 Å². The number of ether oxygens (including phenoxy) is 1. The van der Waals surface area contributed by atoms with Crippen LogP contribution in [0, 0.1) is 5.92 Å². The van der Waals surface area contributed by atoms with Crippen LogP contribution in [0.1, 0.15) is 57.8 Å². The molecule has 2 fully saturated rings. The molecule has 0 heterocycles. The Morgan fingerprint density at radius 3 is 2.53 bits per heavy atom. The molecular formula is C16H32N2O. The van der Waals surface area contributed by atoms with Crippen molar-refractivity contribution in [3.8, 4) is 0 Å². The maximum atomic E-state index is 6.16. The summed E-state index contributed by atoms with van der Waals surface area (Å²) < 4.78 is 5.61. The molecule has 2 N–H and O–H groups in total. The Hall–Kier alpha value is -0.120. The van der Waals surface area contributed by atoms with E-state index in [0.717, 1.165) is 18.9 Å². The van der Waals surface area contributed by atoms with E-state index in [0.29, 0.717) is 6.10 Å². The fourth-order valence-corrected chi connectivity index (χ4v) is 4.13. The summed E-state index contributed by atoms with van der Waals surface area (Å²) in [5, 5.41) is 0. The average molecular weight is 268 g/mol. The highest BCUT2D eigenvalue weighted by Gasteiger charge is 2.39. The predicted octanol–water partition coefficient (Wildman–Crippen LogP) is 2.79. The van der Waals surface area contributed by atoms with Gasteiger partial charge >= 0.3 is 0 Å². The zero-order valence-corrected chi connectivity index (χ0v) is 12.9. The fraction of sp³-hybridized carbons (Fsp3) is 1.00. The second kappa shape index (κ2) is 7.05. The first kappa shape index (κ1) is 15.3. The molecule has 0 aromatic heterocycles. The molecular weight excluding hydrogens is 236 g/mol. The van der Waals surface area contributed by atoms with Crippen molar-refractivity contribution in [3.05, 3.63) is 0 Å². The van der Waals surface area contributed by atoms with Crippen LogP contribution in [-0.4, -0.2) is 43.8 Å². The summed E-state index contributed by atoms with van der Waals surface area (Å²) >= 11 is 0. The highest BCUT2D eigenvalue weighted by molar-refractivity contribution is 4.96.